The Bertz CT molecular complexity index is 637. The Morgan fingerprint density at radius 1 is 1.35 bits per heavy atom. The van der Waals surface area contributed by atoms with Crippen LogP contribution in [0.1, 0.15) is 32.6 Å². The van der Waals surface area contributed by atoms with Gasteiger partial charge < -0.3 is 11.1 Å². The molecule has 2 aromatic rings. The van der Waals surface area contributed by atoms with Crippen molar-refractivity contribution in [2.24, 2.45) is 5.73 Å². The molecule has 2 rings (SSSR count). The number of hydrogen-bond acceptors (Lipinski definition) is 3. The summed E-state index contributed by atoms with van der Waals surface area (Å²) in [5, 5.41) is 3.17. The van der Waals surface area contributed by atoms with Gasteiger partial charge in [0.05, 0.1) is 0 Å². The fourth-order valence-corrected chi connectivity index (χ4v) is 2.79. The second kappa shape index (κ2) is 6.05. The molecular formula is C15H17FN2OS. The van der Waals surface area contributed by atoms with E-state index >= 15 is 0 Å². The van der Waals surface area contributed by atoms with Crippen LogP contribution < -0.4 is 11.1 Å². The highest BCUT2D eigenvalue weighted by molar-refractivity contribution is 7.12. The summed E-state index contributed by atoms with van der Waals surface area (Å²) >= 11 is 1.72. The number of halogens is 1. The lowest BCUT2D eigenvalue weighted by Crippen LogP contribution is -2.12. The Morgan fingerprint density at radius 2 is 2.05 bits per heavy atom. The second-order valence-electron chi connectivity index (χ2n) is 4.57. The van der Waals surface area contributed by atoms with Crippen molar-refractivity contribution in [2.45, 2.75) is 26.8 Å². The summed E-state index contributed by atoms with van der Waals surface area (Å²) in [6.45, 7) is 4.39. The molecule has 1 heterocycles. The Kier molecular flexibility index (Phi) is 4.39. The molecule has 0 bridgehead atoms. The molecule has 3 nitrogen and oxygen atoms in total. The van der Waals surface area contributed by atoms with Crippen LogP contribution >= 0.6 is 11.3 Å². The maximum Gasteiger partial charge on any atom is 0.248 e. The molecular weight excluding hydrogens is 275 g/mol. The van der Waals surface area contributed by atoms with Crippen molar-refractivity contribution in [3.63, 3.8) is 0 Å². The van der Waals surface area contributed by atoms with Gasteiger partial charge in [-0.25, -0.2) is 4.39 Å². The fraction of sp³-hybridized carbons (Fsp3) is 0.267. The molecule has 1 amide bonds. The maximum atomic E-state index is 13.7. The predicted octanol–water partition coefficient (Wildman–Crippen LogP) is 3.47. The highest BCUT2D eigenvalue weighted by Gasteiger charge is 2.10. The van der Waals surface area contributed by atoms with Crippen LogP contribution in [-0.4, -0.2) is 5.91 Å². The van der Waals surface area contributed by atoms with Gasteiger partial charge in [-0.05, 0) is 37.6 Å². The Hall–Kier alpha value is -1.88. The molecule has 0 saturated carbocycles. The zero-order valence-corrected chi connectivity index (χ0v) is 12.3. The molecule has 0 fully saturated rings. The average molecular weight is 292 g/mol. The normalized spacial score (nSPS) is 10.6. The monoisotopic (exact) mass is 292 g/mol. The third-order valence-electron chi connectivity index (χ3n) is 3.15. The molecule has 0 radical (unpaired) electrons. The van der Waals surface area contributed by atoms with Crippen molar-refractivity contribution < 1.29 is 9.18 Å². The number of nitrogens with two attached hydrogens (primary N) is 1. The van der Waals surface area contributed by atoms with E-state index < -0.39 is 11.7 Å². The topological polar surface area (TPSA) is 55.1 Å². The summed E-state index contributed by atoms with van der Waals surface area (Å²) in [6, 6.07) is 6.91. The van der Waals surface area contributed by atoms with Gasteiger partial charge in [-0.2, -0.15) is 0 Å². The number of carbonyl (C=O) groups is 1. The molecule has 0 aliphatic rings. The number of aryl methyl sites for hydroxylation is 1. The van der Waals surface area contributed by atoms with Crippen LogP contribution in [-0.2, 0) is 13.0 Å². The quantitative estimate of drug-likeness (QED) is 0.886. The van der Waals surface area contributed by atoms with Crippen molar-refractivity contribution in [2.75, 3.05) is 5.32 Å². The number of benzene rings is 1. The minimum absolute atomic E-state index is 0.177. The Balaban J connectivity index is 2.18. The van der Waals surface area contributed by atoms with E-state index in [4.69, 9.17) is 5.73 Å². The van der Waals surface area contributed by atoms with Crippen molar-refractivity contribution in [1.82, 2.24) is 0 Å². The molecule has 3 N–H and O–H groups in total. The second-order valence-corrected chi connectivity index (χ2v) is 5.82. The molecule has 106 valence electrons. The SMILES string of the molecule is CCc1ccc(CNc2cc(C(N)=O)cc(F)c2C)s1. The largest absolute Gasteiger partial charge is 0.380 e. The van der Waals surface area contributed by atoms with E-state index in [9.17, 15) is 9.18 Å². The third kappa shape index (κ3) is 3.17. The zero-order valence-electron chi connectivity index (χ0n) is 11.5. The maximum absolute atomic E-state index is 13.7. The molecule has 0 atom stereocenters. The van der Waals surface area contributed by atoms with Crippen LogP contribution in [0.5, 0.6) is 0 Å². The molecule has 20 heavy (non-hydrogen) atoms. The van der Waals surface area contributed by atoms with Gasteiger partial charge in [0.25, 0.3) is 0 Å². The predicted molar refractivity (Wildman–Crippen MR) is 80.7 cm³/mol. The van der Waals surface area contributed by atoms with Crippen molar-refractivity contribution >= 4 is 22.9 Å². The van der Waals surface area contributed by atoms with Gasteiger partial charge in [0, 0.05) is 33.1 Å². The van der Waals surface area contributed by atoms with Gasteiger partial charge in [0.2, 0.25) is 5.91 Å². The summed E-state index contributed by atoms with van der Waals surface area (Å²) in [4.78, 5) is 13.7. The van der Waals surface area contributed by atoms with E-state index in [1.54, 1.807) is 24.3 Å². The average Bonchev–Trinajstić information content (AvgIpc) is 2.88. The number of amides is 1. The van der Waals surface area contributed by atoms with Crippen LogP contribution in [0.15, 0.2) is 24.3 Å². The molecule has 0 aliphatic carbocycles. The number of nitrogens with one attached hydrogen (secondary N) is 1. The minimum atomic E-state index is -0.628. The van der Waals surface area contributed by atoms with Crippen LogP contribution in [0.3, 0.4) is 0 Å². The van der Waals surface area contributed by atoms with Gasteiger partial charge in [-0.1, -0.05) is 6.92 Å². The highest BCUT2D eigenvalue weighted by atomic mass is 32.1. The summed E-state index contributed by atoms with van der Waals surface area (Å²) in [5.41, 5.74) is 6.47. The molecule has 1 aromatic carbocycles. The van der Waals surface area contributed by atoms with Gasteiger partial charge in [-0.15, -0.1) is 11.3 Å². The zero-order chi connectivity index (χ0) is 14.7. The van der Waals surface area contributed by atoms with Gasteiger partial charge in [0.15, 0.2) is 0 Å². The van der Waals surface area contributed by atoms with E-state index in [1.807, 2.05) is 0 Å². The first-order chi connectivity index (χ1) is 9.51. The lowest BCUT2D eigenvalue weighted by Gasteiger charge is -2.11. The van der Waals surface area contributed by atoms with Gasteiger partial charge in [-0.3, -0.25) is 4.79 Å². The fourth-order valence-electron chi connectivity index (χ4n) is 1.89. The van der Waals surface area contributed by atoms with Crippen molar-refractivity contribution in [3.8, 4) is 0 Å². The summed E-state index contributed by atoms with van der Waals surface area (Å²) < 4.78 is 13.7. The van der Waals surface area contributed by atoms with E-state index in [0.29, 0.717) is 17.8 Å². The van der Waals surface area contributed by atoms with Gasteiger partial charge >= 0.3 is 0 Å². The molecule has 0 aliphatic heterocycles. The minimum Gasteiger partial charge on any atom is -0.380 e. The van der Waals surface area contributed by atoms with Crippen molar-refractivity contribution in [1.29, 1.82) is 0 Å². The Labute approximate surface area is 121 Å². The highest BCUT2D eigenvalue weighted by Crippen LogP contribution is 2.23. The van der Waals surface area contributed by atoms with Crippen LogP contribution in [0.25, 0.3) is 0 Å². The lowest BCUT2D eigenvalue weighted by atomic mass is 10.1. The van der Waals surface area contributed by atoms with Crippen molar-refractivity contribution in [3.05, 3.63) is 51.0 Å². The van der Waals surface area contributed by atoms with Crippen LogP contribution in [0, 0.1) is 12.7 Å². The lowest BCUT2D eigenvalue weighted by molar-refractivity contribution is 0.1000. The number of rotatable bonds is 5. The smallest absolute Gasteiger partial charge is 0.248 e. The van der Waals surface area contributed by atoms with E-state index in [-0.39, 0.29) is 5.56 Å². The molecule has 1 aromatic heterocycles. The third-order valence-corrected chi connectivity index (χ3v) is 4.38. The van der Waals surface area contributed by atoms with E-state index in [2.05, 4.69) is 24.4 Å². The molecule has 5 heteroatoms. The number of anilines is 1. The number of hydrogen-bond donors (Lipinski definition) is 2. The number of primary amides is 1. The number of thiophene rings is 1. The summed E-state index contributed by atoms with van der Waals surface area (Å²) in [6.07, 6.45) is 1.01. The van der Waals surface area contributed by atoms with Crippen LogP contribution in [0.2, 0.25) is 0 Å². The molecule has 0 saturated heterocycles. The summed E-state index contributed by atoms with van der Waals surface area (Å²) in [5.74, 6) is -1.06. The van der Waals surface area contributed by atoms with E-state index in [0.717, 1.165) is 6.42 Å². The van der Waals surface area contributed by atoms with Gasteiger partial charge in [0.1, 0.15) is 5.82 Å². The molecule has 0 spiro atoms. The van der Waals surface area contributed by atoms with E-state index in [1.165, 1.54) is 15.8 Å². The standard InChI is InChI=1S/C15H17FN2OS/c1-3-11-4-5-12(20-11)8-18-14-7-10(15(17)19)6-13(16)9(14)2/h4-7,18H,3,8H2,1-2H3,(H2,17,19). The first kappa shape index (κ1) is 14.5. The van der Waals surface area contributed by atoms with Crippen LogP contribution in [0.4, 0.5) is 10.1 Å². The molecule has 0 unspecified atom stereocenters. The summed E-state index contributed by atoms with van der Waals surface area (Å²) in [7, 11) is 0. The number of carbonyl (C=O) groups excluding carboxylic acids is 1. The Morgan fingerprint density at radius 3 is 2.65 bits per heavy atom. The first-order valence-corrected chi connectivity index (χ1v) is 7.24. The first-order valence-electron chi connectivity index (χ1n) is 6.42.